The van der Waals surface area contributed by atoms with Crippen LogP contribution in [0.3, 0.4) is 0 Å². The normalized spacial score (nSPS) is 18.3. The summed E-state index contributed by atoms with van der Waals surface area (Å²) in [7, 11) is 0. The summed E-state index contributed by atoms with van der Waals surface area (Å²) >= 11 is 0. The summed E-state index contributed by atoms with van der Waals surface area (Å²) in [5, 5.41) is 1.05. The highest BCUT2D eigenvalue weighted by Gasteiger charge is 2.35. The van der Waals surface area contributed by atoms with Gasteiger partial charge in [-0.2, -0.15) is 0 Å². The lowest BCUT2D eigenvalue weighted by Gasteiger charge is -2.29. The minimum atomic E-state index is -0.236. The van der Waals surface area contributed by atoms with Crippen molar-refractivity contribution >= 4 is 10.9 Å². The third kappa shape index (κ3) is 1.70. The van der Waals surface area contributed by atoms with E-state index < -0.39 is 0 Å². The molecule has 1 saturated carbocycles. The van der Waals surface area contributed by atoms with Crippen LogP contribution in [0.15, 0.2) is 30.5 Å². The van der Waals surface area contributed by atoms with E-state index in [0.29, 0.717) is 6.54 Å². The van der Waals surface area contributed by atoms with E-state index in [1.807, 2.05) is 6.07 Å². The Balaban J connectivity index is 2.22. The molecule has 1 fully saturated rings. The number of pyridine rings is 1. The Labute approximate surface area is 106 Å². The zero-order valence-corrected chi connectivity index (χ0v) is 10.3. The summed E-state index contributed by atoms with van der Waals surface area (Å²) in [5.74, 6) is -0.236. The van der Waals surface area contributed by atoms with Crippen molar-refractivity contribution in [3.8, 4) is 0 Å². The molecular formula is C15H17FN2. The minimum Gasteiger partial charge on any atom is -0.330 e. The van der Waals surface area contributed by atoms with Crippen LogP contribution in [0.2, 0.25) is 0 Å². The fraction of sp³-hybridized carbons (Fsp3) is 0.400. The molecule has 2 aromatic rings. The molecule has 1 aliphatic rings. The summed E-state index contributed by atoms with van der Waals surface area (Å²) in [5.41, 5.74) is 8.07. The fourth-order valence-electron chi connectivity index (χ4n) is 3.22. The lowest BCUT2D eigenvalue weighted by atomic mass is 9.77. The Morgan fingerprint density at radius 2 is 2.00 bits per heavy atom. The average Bonchev–Trinajstić information content (AvgIpc) is 2.87. The van der Waals surface area contributed by atoms with Gasteiger partial charge in [0, 0.05) is 29.6 Å². The van der Waals surface area contributed by atoms with Gasteiger partial charge in [0.15, 0.2) is 0 Å². The van der Waals surface area contributed by atoms with Gasteiger partial charge in [-0.25, -0.2) is 4.39 Å². The predicted octanol–water partition coefficient (Wildman–Crippen LogP) is 3.14. The maximum atomic E-state index is 13.3. The van der Waals surface area contributed by atoms with Gasteiger partial charge in [0.2, 0.25) is 0 Å². The molecule has 0 spiro atoms. The molecule has 1 aromatic heterocycles. The molecule has 2 N–H and O–H groups in total. The third-order valence-electron chi connectivity index (χ3n) is 4.23. The van der Waals surface area contributed by atoms with Crippen molar-refractivity contribution in [3.05, 3.63) is 41.8 Å². The van der Waals surface area contributed by atoms with Crippen LogP contribution in [-0.2, 0) is 5.41 Å². The number of rotatable bonds is 2. The van der Waals surface area contributed by atoms with E-state index >= 15 is 0 Å². The SMILES string of the molecule is NCC1(c2ccnc3cc(F)ccc23)CCCC1. The molecule has 94 valence electrons. The molecule has 0 aliphatic heterocycles. The van der Waals surface area contributed by atoms with E-state index in [1.165, 1.54) is 30.5 Å². The number of hydrogen-bond acceptors (Lipinski definition) is 2. The molecule has 2 nitrogen and oxygen atoms in total. The second-order valence-corrected chi connectivity index (χ2v) is 5.21. The predicted molar refractivity (Wildman–Crippen MR) is 70.9 cm³/mol. The molecule has 0 radical (unpaired) electrons. The first-order valence-electron chi connectivity index (χ1n) is 6.50. The smallest absolute Gasteiger partial charge is 0.125 e. The first kappa shape index (κ1) is 11.6. The standard InChI is InChI=1S/C15H17FN2/c16-11-3-4-12-13(5-8-18-14(12)9-11)15(10-17)6-1-2-7-15/h3-5,8-9H,1-2,6-7,10,17H2. The van der Waals surface area contributed by atoms with E-state index in [-0.39, 0.29) is 11.2 Å². The topological polar surface area (TPSA) is 38.9 Å². The summed E-state index contributed by atoms with van der Waals surface area (Å²) < 4.78 is 13.3. The van der Waals surface area contributed by atoms with Gasteiger partial charge in [-0.15, -0.1) is 0 Å². The lowest BCUT2D eigenvalue weighted by Crippen LogP contribution is -2.32. The van der Waals surface area contributed by atoms with Gasteiger partial charge in [-0.3, -0.25) is 4.98 Å². The van der Waals surface area contributed by atoms with Crippen LogP contribution in [0.25, 0.3) is 10.9 Å². The summed E-state index contributed by atoms with van der Waals surface area (Å²) in [6.07, 6.45) is 6.47. The second kappa shape index (κ2) is 4.32. The van der Waals surface area contributed by atoms with Crippen LogP contribution in [-0.4, -0.2) is 11.5 Å². The van der Waals surface area contributed by atoms with Crippen LogP contribution in [0.4, 0.5) is 4.39 Å². The third-order valence-corrected chi connectivity index (χ3v) is 4.23. The number of aromatic nitrogens is 1. The van der Waals surface area contributed by atoms with E-state index in [0.717, 1.165) is 23.7 Å². The van der Waals surface area contributed by atoms with Crippen LogP contribution < -0.4 is 5.73 Å². The van der Waals surface area contributed by atoms with Gasteiger partial charge in [0.25, 0.3) is 0 Å². The Bertz CT molecular complexity index is 574. The van der Waals surface area contributed by atoms with Gasteiger partial charge in [-0.1, -0.05) is 12.8 Å². The molecule has 0 bridgehead atoms. The summed E-state index contributed by atoms with van der Waals surface area (Å²) in [6.45, 7) is 0.656. The van der Waals surface area contributed by atoms with E-state index in [9.17, 15) is 4.39 Å². The van der Waals surface area contributed by atoms with Crippen molar-refractivity contribution in [1.29, 1.82) is 0 Å². The minimum absolute atomic E-state index is 0.0685. The molecule has 3 heteroatoms. The van der Waals surface area contributed by atoms with Gasteiger partial charge in [0.05, 0.1) is 5.52 Å². The highest BCUT2D eigenvalue weighted by molar-refractivity contribution is 5.83. The molecule has 0 amide bonds. The van der Waals surface area contributed by atoms with Crippen LogP contribution in [0, 0.1) is 5.82 Å². The van der Waals surface area contributed by atoms with E-state index in [2.05, 4.69) is 11.1 Å². The Hall–Kier alpha value is -1.48. The molecular weight excluding hydrogens is 227 g/mol. The zero-order chi connectivity index (χ0) is 12.6. The fourth-order valence-corrected chi connectivity index (χ4v) is 3.22. The monoisotopic (exact) mass is 244 g/mol. The van der Waals surface area contributed by atoms with Gasteiger partial charge in [-0.05, 0) is 36.6 Å². The van der Waals surface area contributed by atoms with Crippen molar-refractivity contribution in [3.63, 3.8) is 0 Å². The van der Waals surface area contributed by atoms with Gasteiger partial charge >= 0.3 is 0 Å². The maximum Gasteiger partial charge on any atom is 0.125 e. The highest BCUT2D eigenvalue weighted by atomic mass is 19.1. The largest absolute Gasteiger partial charge is 0.330 e. The quantitative estimate of drug-likeness (QED) is 0.881. The number of hydrogen-bond donors (Lipinski definition) is 1. The maximum absolute atomic E-state index is 13.3. The number of nitrogens with zero attached hydrogens (tertiary/aromatic N) is 1. The van der Waals surface area contributed by atoms with Crippen LogP contribution >= 0.6 is 0 Å². The number of benzene rings is 1. The first-order chi connectivity index (χ1) is 8.75. The second-order valence-electron chi connectivity index (χ2n) is 5.21. The molecule has 1 heterocycles. The van der Waals surface area contributed by atoms with Crippen molar-refractivity contribution in [2.75, 3.05) is 6.54 Å². The molecule has 0 unspecified atom stereocenters. The summed E-state index contributed by atoms with van der Waals surface area (Å²) in [4.78, 5) is 4.26. The Morgan fingerprint density at radius 3 is 2.72 bits per heavy atom. The number of halogens is 1. The van der Waals surface area contributed by atoms with Crippen molar-refractivity contribution in [2.24, 2.45) is 5.73 Å². The Kier molecular flexibility index (Phi) is 2.78. The van der Waals surface area contributed by atoms with Crippen molar-refractivity contribution in [2.45, 2.75) is 31.1 Å². The summed E-state index contributed by atoms with van der Waals surface area (Å²) in [6, 6.07) is 6.89. The van der Waals surface area contributed by atoms with E-state index in [1.54, 1.807) is 6.20 Å². The van der Waals surface area contributed by atoms with Crippen LogP contribution in [0.1, 0.15) is 31.2 Å². The molecule has 18 heavy (non-hydrogen) atoms. The average molecular weight is 244 g/mol. The van der Waals surface area contributed by atoms with Gasteiger partial charge < -0.3 is 5.73 Å². The number of fused-ring (bicyclic) bond motifs is 1. The zero-order valence-electron chi connectivity index (χ0n) is 10.3. The molecule has 3 rings (SSSR count). The molecule has 0 atom stereocenters. The first-order valence-corrected chi connectivity index (χ1v) is 6.50. The van der Waals surface area contributed by atoms with Crippen molar-refractivity contribution in [1.82, 2.24) is 4.98 Å². The molecule has 0 saturated heterocycles. The molecule has 1 aromatic carbocycles. The van der Waals surface area contributed by atoms with Crippen molar-refractivity contribution < 1.29 is 4.39 Å². The van der Waals surface area contributed by atoms with Gasteiger partial charge in [0.1, 0.15) is 5.82 Å². The molecule has 1 aliphatic carbocycles. The highest BCUT2D eigenvalue weighted by Crippen LogP contribution is 2.42. The lowest BCUT2D eigenvalue weighted by molar-refractivity contribution is 0.456. The van der Waals surface area contributed by atoms with E-state index in [4.69, 9.17) is 5.73 Å². The van der Waals surface area contributed by atoms with Crippen LogP contribution in [0.5, 0.6) is 0 Å². The number of nitrogens with two attached hydrogens (primary N) is 1. The Morgan fingerprint density at radius 1 is 1.22 bits per heavy atom.